The average molecular weight is 234 g/mol. The second-order valence-corrected chi connectivity index (χ2v) is 4.35. The van der Waals surface area contributed by atoms with Gasteiger partial charge in [0.15, 0.2) is 0 Å². The van der Waals surface area contributed by atoms with Gasteiger partial charge in [0.05, 0.1) is 6.04 Å². The number of nitrogens with one attached hydrogen (secondary N) is 1. The molecule has 4 heteroatoms. The minimum atomic E-state index is -0.255. The normalized spacial score (nSPS) is 20.7. The molecule has 1 aromatic carbocycles. The molecule has 1 heterocycles. The topological polar surface area (TPSA) is 52.6 Å². The summed E-state index contributed by atoms with van der Waals surface area (Å²) < 4.78 is 0. The number of hydrogen-bond acceptors (Lipinski definition) is 3. The van der Waals surface area contributed by atoms with Gasteiger partial charge >= 0.3 is 0 Å². The molecule has 0 bridgehead atoms. The van der Waals surface area contributed by atoms with Crippen molar-refractivity contribution in [3.05, 3.63) is 29.8 Å². The second-order valence-electron chi connectivity index (χ2n) is 4.35. The van der Waals surface area contributed by atoms with Crippen LogP contribution < -0.4 is 10.2 Å². The van der Waals surface area contributed by atoms with Gasteiger partial charge in [0.1, 0.15) is 0 Å². The predicted molar refractivity (Wildman–Crippen MR) is 67.0 cm³/mol. The Morgan fingerprint density at radius 1 is 1.53 bits per heavy atom. The Labute approximate surface area is 101 Å². The minimum Gasteiger partial charge on any atom is -0.396 e. The molecule has 92 valence electrons. The lowest BCUT2D eigenvalue weighted by molar-refractivity contribution is -0.122. The molecule has 17 heavy (non-hydrogen) atoms. The summed E-state index contributed by atoms with van der Waals surface area (Å²) in [7, 11) is 0. The van der Waals surface area contributed by atoms with Crippen LogP contribution >= 0.6 is 0 Å². The van der Waals surface area contributed by atoms with E-state index in [4.69, 9.17) is 5.11 Å². The molecule has 0 aromatic heterocycles. The van der Waals surface area contributed by atoms with E-state index in [2.05, 4.69) is 5.32 Å². The largest absolute Gasteiger partial charge is 0.396 e. The van der Waals surface area contributed by atoms with Gasteiger partial charge in [-0.1, -0.05) is 12.1 Å². The third kappa shape index (κ3) is 2.65. The van der Waals surface area contributed by atoms with Gasteiger partial charge in [-0.05, 0) is 31.0 Å². The number of aliphatic hydroxyl groups is 1. The summed E-state index contributed by atoms with van der Waals surface area (Å²) >= 11 is 0. The number of carbonyl (C=O) groups is 1. The third-order valence-corrected chi connectivity index (χ3v) is 3.02. The van der Waals surface area contributed by atoms with Gasteiger partial charge in [0, 0.05) is 25.4 Å². The van der Waals surface area contributed by atoms with Crippen molar-refractivity contribution in [2.75, 3.05) is 24.6 Å². The molecule has 1 aliphatic heterocycles. The molecule has 2 N–H and O–H groups in total. The quantitative estimate of drug-likeness (QED) is 0.808. The Morgan fingerprint density at radius 2 is 2.35 bits per heavy atom. The van der Waals surface area contributed by atoms with E-state index >= 15 is 0 Å². The first-order chi connectivity index (χ1) is 8.22. The number of nitrogens with zero attached hydrogens (tertiary/aromatic N) is 1. The molecule has 0 radical (unpaired) electrons. The van der Waals surface area contributed by atoms with Gasteiger partial charge in [0.2, 0.25) is 5.91 Å². The van der Waals surface area contributed by atoms with E-state index < -0.39 is 0 Å². The van der Waals surface area contributed by atoms with Crippen LogP contribution in [0.4, 0.5) is 5.69 Å². The van der Waals surface area contributed by atoms with Gasteiger partial charge in [0.25, 0.3) is 0 Å². The van der Waals surface area contributed by atoms with Crippen molar-refractivity contribution in [2.24, 2.45) is 0 Å². The number of aliphatic hydroxyl groups excluding tert-OH is 1. The van der Waals surface area contributed by atoms with Crippen molar-refractivity contribution in [1.82, 2.24) is 5.32 Å². The summed E-state index contributed by atoms with van der Waals surface area (Å²) in [5.41, 5.74) is 2.09. The van der Waals surface area contributed by atoms with Crippen molar-refractivity contribution < 1.29 is 9.90 Å². The molecule has 0 aliphatic carbocycles. The maximum atomic E-state index is 12.2. The SMILES string of the molecule is Cc1cccc(N2CCNC(CCO)C2=O)c1. The summed E-state index contributed by atoms with van der Waals surface area (Å²) in [6, 6.07) is 7.68. The number of hydrogen-bond donors (Lipinski definition) is 2. The maximum absolute atomic E-state index is 12.2. The van der Waals surface area contributed by atoms with E-state index in [1.165, 1.54) is 0 Å². The standard InChI is InChI=1S/C13H18N2O2/c1-10-3-2-4-11(9-10)15-7-6-14-12(5-8-16)13(15)17/h2-4,9,12,14,16H,5-8H2,1H3. The molecule has 1 unspecified atom stereocenters. The zero-order valence-corrected chi connectivity index (χ0v) is 10.0. The van der Waals surface area contributed by atoms with E-state index in [1.807, 2.05) is 31.2 Å². The summed E-state index contributed by atoms with van der Waals surface area (Å²) in [6.07, 6.45) is 0.473. The highest BCUT2D eigenvalue weighted by atomic mass is 16.3. The van der Waals surface area contributed by atoms with Gasteiger partial charge in [-0.3, -0.25) is 4.79 Å². The highest BCUT2D eigenvalue weighted by molar-refractivity contribution is 5.98. The minimum absolute atomic E-state index is 0.0328. The van der Waals surface area contributed by atoms with E-state index in [9.17, 15) is 4.79 Å². The van der Waals surface area contributed by atoms with Crippen LogP contribution in [0.15, 0.2) is 24.3 Å². The van der Waals surface area contributed by atoms with E-state index in [0.717, 1.165) is 17.8 Å². The fourth-order valence-corrected chi connectivity index (χ4v) is 2.14. The van der Waals surface area contributed by atoms with Crippen LogP contribution in [-0.4, -0.2) is 36.8 Å². The Bertz CT molecular complexity index is 404. The highest BCUT2D eigenvalue weighted by Crippen LogP contribution is 2.18. The van der Waals surface area contributed by atoms with Crippen molar-refractivity contribution in [1.29, 1.82) is 0 Å². The molecule has 1 atom stereocenters. The van der Waals surface area contributed by atoms with Gasteiger partial charge in [-0.15, -0.1) is 0 Å². The smallest absolute Gasteiger partial charge is 0.244 e. The third-order valence-electron chi connectivity index (χ3n) is 3.02. The van der Waals surface area contributed by atoms with E-state index in [-0.39, 0.29) is 18.6 Å². The van der Waals surface area contributed by atoms with Crippen LogP contribution in [0.1, 0.15) is 12.0 Å². The van der Waals surface area contributed by atoms with Gasteiger partial charge < -0.3 is 15.3 Å². The van der Waals surface area contributed by atoms with Crippen LogP contribution in [0.2, 0.25) is 0 Å². The van der Waals surface area contributed by atoms with Crippen LogP contribution in [-0.2, 0) is 4.79 Å². The van der Waals surface area contributed by atoms with Crippen LogP contribution in [0.25, 0.3) is 0 Å². The monoisotopic (exact) mass is 234 g/mol. The summed E-state index contributed by atoms with van der Waals surface area (Å²) in [4.78, 5) is 14.0. The molecule has 4 nitrogen and oxygen atoms in total. The number of rotatable bonds is 3. The van der Waals surface area contributed by atoms with Crippen LogP contribution in [0.3, 0.4) is 0 Å². The molecule has 1 amide bonds. The van der Waals surface area contributed by atoms with E-state index in [1.54, 1.807) is 4.90 Å². The number of aryl methyl sites for hydroxylation is 1. The number of carbonyl (C=O) groups excluding carboxylic acids is 1. The van der Waals surface area contributed by atoms with Crippen molar-refractivity contribution in [3.63, 3.8) is 0 Å². The highest BCUT2D eigenvalue weighted by Gasteiger charge is 2.28. The molecule has 0 spiro atoms. The Morgan fingerprint density at radius 3 is 3.06 bits per heavy atom. The first-order valence-corrected chi connectivity index (χ1v) is 5.94. The second kappa shape index (κ2) is 5.29. The predicted octanol–water partition coefficient (Wildman–Crippen LogP) is 0.682. The maximum Gasteiger partial charge on any atom is 0.244 e. The Balaban J connectivity index is 2.17. The average Bonchev–Trinajstić information content (AvgIpc) is 2.32. The summed E-state index contributed by atoms with van der Waals surface area (Å²) in [5, 5.41) is 12.1. The van der Waals surface area contributed by atoms with Crippen molar-refractivity contribution >= 4 is 11.6 Å². The van der Waals surface area contributed by atoms with Gasteiger partial charge in [-0.25, -0.2) is 0 Å². The number of amides is 1. The Hall–Kier alpha value is -1.39. The Kier molecular flexibility index (Phi) is 3.76. The first kappa shape index (κ1) is 12.1. The molecule has 0 saturated carbocycles. The fourth-order valence-electron chi connectivity index (χ4n) is 2.14. The lowest BCUT2D eigenvalue weighted by Gasteiger charge is -2.33. The molecular formula is C13H18N2O2. The molecule has 1 aromatic rings. The molecular weight excluding hydrogens is 216 g/mol. The van der Waals surface area contributed by atoms with Crippen molar-refractivity contribution in [3.8, 4) is 0 Å². The summed E-state index contributed by atoms with van der Waals surface area (Å²) in [6.45, 7) is 3.50. The first-order valence-electron chi connectivity index (χ1n) is 5.94. The number of anilines is 1. The number of benzene rings is 1. The molecule has 1 aliphatic rings. The molecule has 2 rings (SSSR count). The number of piperazine rings is 1. The zero-order chi connectivity index (χ0) is 12.3. The fraction of sp³-hybridized carbons (Fsp3) is 0.462. The molecule has 1 saturated heterocycles. The van der Waals surface area contributed by atoms with Crippen LogP contribution in [0.5, 0.6) is 0 Å². The lowest BCUT2D eigenvalue weighted by atomic mass is 10.1. The van der Waals surface area contributed by atoms with Crippen LogP contribution in [0, 0.1) is 6.92 Å². The van der Waals surface area contributed by atoms with Gasteiger partial charge in [-0.2, -0.15) is 0 Å². The van der Waals surface area contributed by atoms with Crippen molar-refractivity contribution in [2.45, 2.75) is 19.4 Å². The zero-order valence-electron chi connectivity index (χ0n) is 10.0. The van der Waals surface area contributed by atoms with E-state index in [0.29, 0.717) is 13.0 Å². The molecule has 1 fully saturated rings. The summed E-state index contributed by atoms with van der Waals surface area (Å²) in [5.74, 6) is 0.0518. The lowest BCUT2D eigenvalue weighted by Crippen LogP contribution is -2.55.